The molecule has 1 aliphatic heterocycles. The van der Waals surface area contributed by atoms with Gasteiger partial charge in [-0.15, -0.1) is 0 Å². The van der Waals surface area contributed by atoms with Crippen molar-refractivity contribution in [2.45, 2.75) is 50.9 Å². The number of aliphatic hydroxyl groups is 1. The van der Waals surface area contributed by atoms with Crippen molar-refractivity contribution in [2.75, 3.05) is 19.7 Å². The lowest BCUT2D eigenvalue weighted by molar-refractivity contribution is -0.0449. The number of ether oxygens (including phenoxy) is 1. The van der Waals surface area contributed by atoms with E-state index in [0.717, 1.165) is 6.42 Å². The number of morpholine rings is 1. The Morgan fingerprint density at radius 3 is 2.28 bits per heavy atom. The number of nitrogens with one attached hydrogen (secondary N) is 1. The molecule has 2 fully saturated rings. The van der Waals surface area contributed by atoms with E-state index in [9.17, 15) is 13.5 Å². The summed E-state index contributed by atoms with van der Waals surface area (Å²) in [5, 5.41) is 9.33. The van der Waals surface area contributed by atoms with Crippen LogP contribution < -0.4 is 4.72 Å². The molecule has 1 saturated heterocycles. The summed E-state index contributed by atoms with van der Waals surface area (Å²) in [7, 11) is -3.54. The second-order valence-electron chi connectivity index (χ2n) is 5.47. The maximum absolute atomic E-state index is 12.3. The largest absolute Gasteiger partial charge is 0.394 e. The Morgan fingerprint density at radius 1 is 1.33 bits per heavy atom. The molecule has 7 heteroatoms. The van der Waals surface area contributed by atoms with Crippen molar-refractivity contribution in [3.8, 4) is 0 Å². The molecule has 2 N–H and O–H groups in total. The van der Waals surface area contributed by atoms with Crippen LogP contribution in [-0.4, -0.2) is 55.3 Å². The Labute approximate surface area is 108 Å². The van der Waals surface area contributed by atoms with Gasteiger partial charge in [-0.3, -0.25) is 0 Å². The van der Waals surface area contributed by atoms with Gasteiger partial charge in [0.15, 0.2) is 0 Å². The van der Waals surface area contributed by atoms with E-state index in [1.807, 2.05) is 13.8 Å². The van der Waals surface area contributed by atoms with Crippen LogP contribution in [0.4, 0.5) is 0 Å². The Hall–Kier alpha value is -0.210. The topological polar surface area (TPSA) is 78.9 Å². The molecule has 0 radical (unpaired) electrons. The summed E-state index contributed by atoms with van der Waals surface area (Å²) in [6, 6.07) is 0. The summed E-state index contributed by atoms with van der Waals surface area (Å²) in [5.74, 6) is 0. The lowest BCUT2D eigenvalue weighted by Crippen LogP contribution is -2.61. The van der Waals surface area contributed by atoms with Gasteiger partial charge >= 0.3 is 0 Å². The third kappa shape index (κ3) is 2.85. The lowest BCUT2D eigenvalue weighted by atomic mass is 9.78. The first-order valence-corrected chi connectivity index (χ1v) is 7.86. The second-order valence-corrected chi connectivity index (χ2v) is 7.14. The van der Waals surface area contributed by atoms with E-state index < -0.39 is 15.7 Å². The van der Waals surface area contributed by atoms with E-state index in [2.05, 4.69) is 4.72 Å². The van der Waals surface area contributed by atoms with Crippen molar-refractivity contribution < 1.29 is 18.3 Å². The molecule has 1 heterocycles. The molecule has 2 rings (SSSR count). The molecular weight excluding hydrogens is 256 g/mol. The van der Waals surface area contributed by atoms with Gasteiger partial charge in [-0.05, 0) is 33.1 Å². The molecule has 1 saturated carbocycles. The Kier molecular flexibility index (Phi) is 3.99. The predicted molar refractivity (Wildman–Crippen MR) is 67.3 cm³/mol. The van der Waals surface area contributed by atoms with Gasteiger partial charge in [-0.1, -0.05) is 0 Å². The average molecular weight is 278 g/mol. The lowest BCUT2D eigenvalue weighted by Gasteiger charge is -2.43. The number of hydrogen-bond acceptors (Lipinski definition) is 4. The molecule has 1 aliphatic carbocycles. The van der Waals surface area contributed by atoms with E-state index in [1.54, 1.807) is 0 Å². The molecule has 2 aliphatic rings. The molecule has 0 amide bonds. The van der Waals surface area contributed by atoms with E-state index in [0.29, 0.717) is 25.9 Å². The first kappa shape index (κ1) is 14.2. The van der Waals surface area contributed by atoms with Gasteiger partial charge in [-0.25, -0.2) is 0 Å². The van der Waals surface area contributed by atoms with E-state index in [4.69, 9.17) is 4.74 Å². The summed E-state index contributed by atoms with van der Waals surface area (Å²) >= 11 is 0. The van der Waals surface area contributed by atoms with Gasteiger partial charge in [0.2, 0.25) is 0 Å². The maximum atomic E-state index is 12.3. The molecule has 0 aromatic carbocycles. The van der Waals surface area contributed by atoms with Crippen molar-refractivity contribution >= 4 is 10.2 Å². The van der Waals surface area contributed by atoms with Gasteiger partial charge in [0.25, 0.3) is 10.2 Å². The minimum atomic E-state index is -3.54. The number of aliphatic hydroxyl groups excluding tert-OH is 1. The van der Waals surface area contributed by atoms with Gasteiger partial charge in [-0.2, -0.15) is 17.4 Å². The molecule has 106 valence electrons. The fourth-order valence-corrected chi connectivity index (χ4v) is 4.32. The minimum absolute atomic E-state index is 0.100. The smallest absolute Gasteiger partial charge is 0.280 e. The quantitative estimate of drug-likeness (QED) is 0.749. The summed E-state index contributed by atoms with van der Waals surface area (Å²) < 4.78 is 34.2. The Bertz CT molecular complexity index is 378. The number of hydrogen-bond donors (Lipinski definition) is 2. The molecule has 0 aromatic heterocycles. The standard InChI is InChI=1S/C11H22N2O4S/c1-9-6-13(7-10(2)17-9)18(15,16)12-11(8-14)4-3-5-11/h9-10,12,14H,3-8H2,1-2H3. The zero-order chi connectivity index (χ0) is 13.4. The Morgan fingerprint density at radius 2 is 1.89 bits per heavy atom. The van der Waals surface area contributed by atoms with Crippen LogP contribution in [0.3, 0.4) is 0 Å². The molecule has 0 spiro atoms. The number of rotatable bonds is 4. The van der Waals surface area contributed by atoms with Crippen molar-refractivity contribution in [1.82, 2.24) is 9.03 Å². The van der Waals surface area contributed by atoms with Crippen molar-refractivity contribution in [3.05, 3.63) is 0 Å². The first-order chi connectivity index (χ1) is 8.37. The molecule has 18 heavy (non-hydrogen) atoms. The molecule has 6 nitrogen and oxygen atoms in total. The minimum Gasteiger partial charge on any atom is -0.394 e. The van der Waals surface area contributed by atoms with Crippen LogP contribution in [0, 0.1) is 0 Å². The van der Waals surface area contributed by atoms with Gasteiger partial charge in [0.05, 0.1) is 24.4 Å². The second kappa shape index (κ2) is 5.05. The summed E-state index contributed by atoms with van der Waals surface area (Å²) in [6.07, 6.45) is 2.17. The molecular formula is C11H22N2O4S. The van der Waals surface area contributed by atoms with Crippen molar-refractivity contribution in [2.24, 2.45) is 0 Å². The molecule has 2 unspecified atom stereocenters. The third-order valence-electron chi connectivity index (χ3n) is 3.68. The first-order valence-electron chi connectivity index (χ1n) is 6.42. The fourth-order valence-electron chi connectivity index (χ4n) is 2.56. The van der Waals surface area contributed by atoms with Crippen LogP contribution in [0.15, 0.2) is 0 Å². The SMILES string of the molecule is CC1CN(S(=O)(=O)NC2(CO)CCC2)CC(C)O1. The monoisotopic (exact) mass is 278 g/mol. The zero-order valence-corrected chi connectivity index (χ0v) is 11.7. The summed E-state index contributed by atoms with van der Waals surface area (Å²) in [5.41, 5.74) is -0.635. The normalized spacial score (nSPS) is 33.1. The summed E-state index contributed by atoms with van der Waals surface area (Å²) in [4.78, 5) is 0. The molecule has 0 aromatic rings. The number of nitrogens with zero attached hydrogens (tertiary/aromatic N) is 1. The van der Waals surface area contributed by atoms with Crippen LogP contribution in [0.5, 0.6) is 0 Å². The predicted octanol–water partition coefficient (Wildman–Crippen LogP) is -0.155. The van der Waals surface area contributed by atoms with E-state index in [1.165, 1.54) is 4.31 Å². The highest BCUT2D eigenvalue weighted by atomic mass is 32.2. The van der Waals surface area contributed by atoms with Crippen LogP contribution >= 0.6 is 0 Å². The third-order valence-corrected chi connectivity index (χ3v) is 5.35. The zero-order valence-electron chi connectivity index (χ0n) is 10.9. The fraction of sp³-hybridized carbons (Fsp3) is 1.00. The van der Waals surface area contributed by atoms with E-state index in [-0.39, 0.29) is 18.8 Å². The van der Waals surface area contributed by atoms with Gasteiger partial charge in [0, 0.05) is 13.1 Å². The van der Waals surface area contributed by atoms with Crippen LogP contribution in [0.25, 0.3) is 0 Å². The van der Waals surface area contributed by atoms with Crippen LogP contribution in [0.1, 0.15) is 33.1 Å². The highest BCUT2D eigenvalue weighted by molar-refractivity contribution is 7.87. The maximum Gasteiger partial charge on any atom is 0.280 e. The van der Waals surface area contributed by atoms with Crippen molar-refractivity contribution in [3.63, 3.8) is 0 Å². The molecule has 0 bridgehead atoms. The highest BCUT2D eigenvalue weighted by Crippen LogP contribution is 2.32. The molecule has 2 atom stereocenters. The Balaban J connectivity index is 2.06. The highest BCUT2D eigenvalue weighted by Gasteiger charge is 2.42. The van der Waals surface area contributed by atoms with Crippen LogP contribution in [0.2, 0.25) is 0 Å². The average Bonchev–Trinajstić information content (AvgIpc) is 2.22. The van der Waals surface area contributed by atoms with Crippen LogP contribution in [-0.2, 0) is 14.9 Å². The van der Waals surface area contributed by atoms with E-state index >= 15 is 0 Å². The van der Waals surface area contributed by atoms with Crippen molar-refractivity contribution in [1.29, 1.82) is 0 Å². The van der Waals surface area contributed by atoms with Gasteiger partial charge < -0.3 is 9.84 Å². The van der Waals surface area contributed by atoms with Gasteiger partial charge in [0.1, 0.15) is 0 Å². The summed E-state index contributed by atoms with van der Waals surface area (Å²) in [6.45, 7) is 4.32.